The van der Waals surface area contributed by atoms with E-state index in [0.29, 0.717) is 0 Å². The number of cyclic esters (lactones) is 1. The minimum atomic E-state index is -0.887. The fourth-order valence-corrected chi connectivity index (χ4v) is 3.69. The Hall–Kier alpha value is -2.14. The van der Waals surface area contributed by atoms with Crippen LogP contribution in [0.1, 0.15) is 11.7 Å². The predicted octanol–water partition coefficient (Wildman–Crippen LogP) is 1.40. The van der Waals surface area contributed by atoms with E-state index in [4.69, 9.17) is 14.2 Å². The van der Waals surface area contributed by atoms with Gasteiger partial charge in [-0.2, -0.15) is 0 Å². The van der Waals surface area contributed by atoms with Gasteiger partial charge in [-0.05, 0) is 11.6 Å². The Morgan fingerprint density at radius 2 is 2.05 bits per heavy atom. The van der Waals surface area contributed by atoms with Crippen LogP contribution in [0, 0.1) is 11.8 Å². The highest BCUT2D eigenvalue weighted by Gasteiger charge is 2.71. The lowest BCUT2D eigenvalue weighted by Crippen LogP contribution is -2.40. The van der Waals surface area contributed by atoms with Crippen molar-refractivity contribution in [3.8, 4) is 0 Å². The van der Waals surface area contributed by atoms with Crippen LogP contribution in [0.4, 0.5) is 0 Å². The molecule has 2 saturated heterocycles. The normalized spacial score (nSPS) is 39.2. The van der Waals surface area contributed by atoms with Gasteiger partial charge in [0, 0.05) is 0 Å². The second-order valence-electron chi connectivity index (χ2n) is 5.55. The van der Waals surface area contributed by atoms with E-state index in [2.05, 4.69) is 0 Å². The van der Waals surface area contributed by atoms with Gasteiger partial charge in [-0.3, -0.25) is 9.59 Å². The standard InChI is InChI=1S/C16H14O5/c1-19-14(17)11-10-7-8-16(21-10)12(11)15(18)20-13(16)9-5-3-2-4-6-9/h2-8,10-13H,1H3/t10-,11+,12+,13+,16+/m1/s1. The maximum atomic E-state index is 12.3. The molecule has 0 saturated carbocycles. The van der Waals surface area contributed by atoms with Crippen molar-refractivity contribution in [1.82, 2.24) is 0 Å². The Bertz CT molecular complexity index is 637. The number of methoxy groups -OCH3 is 1. The molecule has 0 radical (unpaired) electrons. The molecular formula is C16H14O5. The monoisotopic (exact) mass is 286 g/mol. The molecule has 1 spiro atoms. The van der Waals surface area contributed by atoms with Crippen molar-refractivity contribution >= 4 is 11.9 Å². The zero-order valence-corrected chi connectivity index (χ0v) is 11.4. The second-order valence-corrected chi connectivity index (χ2v) is 5.55. The SMILES string of the molecule is COC(=O)[C@@H]1[C@H]2C(=O)O[C@@H](c3ccccc3)[C@]23C=C[C@H]1O3. The Morgan fingerprint density at radius 1 is 1.29 bits per heavy atom. The zero-order chi connectivity index (χ0) is 14.6. The number of carbonyl (C=O) groups excluding carboxylic acids is 2. The van der Waals surface area contributed by atoms with E-state index in [-0.39, 0.29) is 0 Å². The Kier molecular flexibility index (Phi) is 2.50. The van der Waals surface area contributed by atoms with Crippen LogP contribution in [-0.2, 0) is 23.8 Å². The first-order valence-electron chi connectivity index (χ1n) is 6.88. The van der Waals surface area contributed by atoms with Crippen LogP contribution in [0.3, 0.4) is 0 Å². The van der Waals surface area contributed by atoms with Crippen molar-refractivity contribution in [2.24, 2.45) is 11.8 Å². The fraction of sp³-hybridized carbons (Fsp3) is 0.375. The van der Waals surface area contributed by atoms with E-state index in [0.717, 1.165) is 5.56 Å². The van der Waals surface area contributed by atoms with Gasteiger partial charge in [0.05, 0.1) is 13.2 Å². The highest BCUT2D eigenvalue weighted by Crippen LogP contribution is 2.58. The summed E-state index contributed by atoms with van der Waals surface area (Å²) in [6.45, 7) is 0. The average molecular weight is 286 g/mol. The number of rotatable bonds is 2. The lowest BCUT2D eigenvalue weighted by atomic mass is 9.73. The molecule has 5 atom stereocenters. The van der Waals surface area contributed by atoms with Gasteiger partial charge in [-0.25, -0.2) is 0 Å². The quantitative estimate of drug-likeness (QED) is 0.607. The number of carbonyl (C=O) groups is 2. The molecule has 108 valence electrons. The summed E-state index contributed by atoms with van der Waals surface area (Å²) in [6.07, 6.45) is 2.76. The first kappa shape index (κ1) is 12.6. The summed E-state index contributed by atoms with van der Waals surface area (Å²) in [7, 11) is 1.32. The van der Waals surface area contributed by atoms with Gasteiger partial charge >= 0.3 is 11.9 Å². The Balaban J connectivity index is 1.79. The van der Waals surface area contributed by atoms with Crippen LogP contribution in [0.15, 0.2) is 42.5 Å². The number of hydrogen-bond acceptors (Lipinski definition) is 5. The van der Waals surface area contributed by atoms with Crippen molar-refractivity contribution < 1.29 is 23.8 Å². The van der Waals surface area contributed by atoms with Crippen LogP contribution in [0.25, 0.3) is 0 Å². The summed E-state index contributed by atoms with van der Waals surface area (Å²) in [4.78, 5) is 24.3. The Labute approximate surface area is 121 Å². The van der Waals surface area contributed by atoms with Gasteiger partial charge in [0.15, 0.2) is 6.10 Å². The topological polar surface area (TPSA) is 61.8 Å². The predicted molar refractivity (Wildman–Crippen MR) is 71.0 cm³/mol. The van der Waals surface area contributed by atoms with Crippen LogP contribution < -0.4 is 0 Å². The molecule has 5 nitrogen and oxygen atoms in total. The summed E-state index contributed by atoms with van der Waals surface area (Å²) in [5.74, 6) is -2.08. The summed E-state index contributed by atoms with van der Waals surface area (Å²) in [5.41, 5.74) is -0.0220. The number of esters is 2. The number of fused-ring (bicyclic) bond motifs is 1. The molecule has 21 heavy (non-hydrogen) atoms. The summed E-state index contributed by atoms with van der Waals surface area (Å²) < 4.78 is 16.4. The van der Waals surface area contributed by atoms with Crippen molar-refractivity contribution in [3.05, 3.63) is 48.0 Å². The van der Waals surface area contributed by atoms with Gasteiger partial charge < -0.3 is 14.2 Å². The molecule has 3 aliphatic heterocycles. The number of hydrogen-bond donors (Lipinski definition) is 0. The van der Waals surface area contributed by atoms with Crippen LogP contribution >= 0.6 is 0 Å². The van der Waals surface area contributed by atoms with E-state index in [1.54, 1.807) is 0 Å². The molecule has 4 rings (SSSR count). The molecule has 2 bridgehead atoms. The lowest BCUT2D eigenvalue weighted by molar-refractivity contribution is -0.156. The molecule has 1 aromatic rings. The van der Waals surface area contributed by atoms with Gasteiger partial charge in [0.1, 0.15) is 17.4 Å². The van der Waals surface area contributed by atoms with Crippen molar-refractivity contribution in [3.63, 3.8) is 0 Å². The smallest absolute Gasteiger partial charge is 0.314 e. The third kappa shape index (κ3) is 1.49. The molecule has 0 unspecified atom stereocenters. The summed E-state index contributed by atoms with van der Waals surface area (Å²) in [6, 6.07) is 9.46. The largest absolute Gasteiger partial charge is 0.469 e. The lowest BCUT2D eigenvalue weighted by Gasteiger charge is -2.27. The molecule has 3 heterocycles. The molecule has 2 fully saturated rings. The molecule has 0 N–H and O–H groups in total. The molecular weight excluding hydrogens is 272 g/mol. The minimum Gasteiger partial charge on any atom is -0.469 e. The minimum absolute atomic E-state index is 0.397. The first-order valence-corrected chi connectivity index (χ1v) is 6.88. The maximum Gasteiger partial charge on any atom is 0.314 e. The van der Waals surface area contributed by atoms with Crippen molar-refractivity contribution in [1.29, 1.82) is 0 Å². The average Bonchev–Trinajstić information content (AvgIpc) is 3.16. The first-order chi connectivity index (χ1) is 10.2. The van der Waals surface area contributed by atoms with Crippen LogP contribution in [0.5, 0.6) is 0 Å². The molecule has 5 heteroatoms. The van der Waals surface area contributed by atoms with E-state index in [1.807, 2.05) is 42.5 Å². The molecule has 1 aromatic carbocycles. The fourth-order valence-electron chi connectivity index (χ4n) is 3.69. The summed E-state index contributed by atoms with van der Waals surface area (Å²) in [5, 5.41) is 0. The third-order valence-corrected chi connectivity index (χ3v) is 4.56. The molecule has 0 aromatic heterocycles. The van der Waals surface area contributed by atoms with Crippen LogP contribution in [0.2, 0.25) is 0 Å². The second kappa shape index (κ2) is 4.18. The highest BCUT2D eigenvalue weighted by molar-refractivity contribution is 5.88. The van der Waals surface area contributed by atoms with Gasteiger partial charge in [-0.1, -0.05) is 36.4 Å². The van der Waals surface area contributed by atoms with E-state index >= 15 is 0 Å². The molecule has 3 aliphatic rings. The Morgan fingerprint density at radius 3 is 2.76 bits per heavy atom. The van der Waals surface area contributed by atoms with E-state index < -0.39 is 41.6 Å². The van der Waals surface area contributed by atoms with Crippen molar-refractivity contribution in [2.45, 2.75) is 17.8 Å². The maximum absolute atomic E-state index is 12.3. The number of ether oxygens (including phenoxy) is 3. The van der Waals surface area contributed by atoms with Crippen LogP contribution in [-0.4, -0.2) is 30.8 Å². The number of benzene rings is 1. The summed E-state index contributed by atoms with van der Waals surface area (Å²) >= 11 is 0. The zero-order valence-electron chi connectivity index (χ0n) is 11.4. The van der Waals surface area contributed by atoms with Gasteiger partial charge in [0.2, 0.25) is 0 Å². The highest BCUT2D eigenvalue weighted by atomic mass is 16.6. The van der Waals surface area contributed by atoms with Gasteiger partial charge in [0.25, 0.3) is 0 Å². The molecule has 0 aliphatic carbocycles. The van der Waals surface area contributed by atoms with Gasteiger partial charge in [-0.15, -0.1) is 0 Å². The van der Waals surface area contributed by atoms with E-state index in [1.165, 1.54) is 7.11 Å². The molecule has 0 amide bonds. The third-order valence-electron chi connectivity index (χ3n) is 4.56. The van der Waals surface area contributed by atoms with Crippen molar-refractivity contribution in [2.75, 3.05) is 7.11 Å². The van der Waals surface area contributed by atoms with E-state index in [9.17, 15) is 9.59 Å².